The number of methoxy groups -OCH3 is 1. The first-order valence-electron chi connectivity index (χ1n) is 7.72. The second kappa shape index (κ2) is 6.31. The first kappa shape index (κ1) is 14.1. The molecule has 112 valence electrons. The van der Waals surface area contributed by atoms with Crippen molar-refractivity contribution in [2.45, 2.75) is 32.2 Å². The SMILES string of the molecule is CC/C(=N\N1CCCC1COC)c1ccn2ccccc12. The molecular weight excluding hydrogens is 262 g/mol. The third-order valence-corrected chi connectivity index (χ3v) is 4.17. The number of hydrogen-bond donors (Lipinski definition) is 0. The van der Waals surface area contributed by atoms with Crippen molar-refractivity contribution in [2.75, 3.05) is 20.3 Å². The number of hydrogen-bond acceptors (Lipinski definition) is 3. The normalized spacial score (nSPS) is 19.6. The molecule has 1 aliphatic rings. The number of rotatable bonds is 5. The van der Waals surface area contributed by atoms with Crippen LogP contribution in [0, 0.1) is 0 Å². The Bertz CT molecular complexity index is 632. The highest BCUT2D eigenvalue weighted by Gasteiger charge is 2.23. The standard InChI is InChI=1S/C17H23N3O/c1-3-16(18-20-11-6-7-14(20)13-21-2)15-9-12-19-10-5-4-8-17(15)19/h4-5,8-10,12,14H,3,6-7,11,13H2,1-2H3/b18-16+. The molecule has 2 aromatic heterocycles. The molecular formula is C17H23N3O. The van der Waals surface area contributed by atoms with Crippen molar-refractivity contribution >= 4 is 11.2 Å². The molecule has 3 rings (SSSR count). The summed E-state index contributed by atoms with van der Waals surface area (Å²) < 4.78 is 7.47. The van der Waals surface area contributed by atoms with Gasteiger partial charge in [0.1, 0.15) is 0 Å². The van der Waals surface area contributed by atoms with Crippen LogP contribution in [0.3, 0.4) is 0 Å². The topological polar surface area (TPSA) is 29.2 Å². The lowest BCUT2D eigenvalue weighted by molar-refractivity contribution is 0.118. The van der Waals surface area contributed by atoms with Crippen molar-refractivity contribution < 1.29 is 4.74 Å². The first-order chi connectivity index (χ1) is 10.3. The van der Waals surface area contributed by atoms with E-state index in [0.29, 0.717) is 6.04 Å². The average molecular weight is 285 g/mol. The summed E-state index contributed by atoms with van der Waals surface area (Å²) in [5, 5.41) is 7.16. The number of hydrazone groups is 1. The van der Waals surface area contributed by atoms with E-state index < -0.39 is 0 Å². The van der Waals surface area contributed by atoms with E-state index in [9.17, 15) is 0 Å². The predicted molar refractivity (Wildman–Crippen MR) is 85.8 cm³/mol. The fourth-order valence-electron chi connectivity index (χ4n) is 3.08. The molecule has 1 atom stereocenters. The minimum atomic E-state index is 0.422. The zero-order valence-electron chi connectivity index (χ0n) is 12.8. The van der Waals surface area contributed by atoms with Crippen LogP contribution in [-0.2, 0) is 4.74 Å². The smallest absolute Gasteiger partial charge is 0.0704 e. The van der Waals surface area contributed by atoms with E-state index >= 15 is 0 Å². The zero-order valence-corrected chi connectivity index (χ0v) is 12.8. The zero-order chi connectivity index (χ0) is 14.7. The minimum absolute atomic E-state index is 0.422. The Balaban J connectivity index is 1.92. The molecule has 0 aromatic carbocycles. The van der Waals surface area contributed by atoms with Crippen LogP contribution in [-0.4, -0.2) is 41.4 Å². The first-order valence-corrected chi connectivity index (χ1v) is 7.72. The Morgan fingerprint density at radius 2 is 2.24 bits per heavy atom. The molecule has 1 saturated heterocycles. The summed E-state index contributed by atoms with van der Waals surface area (Å²) >= 11 is 0. The summed E-state index contributed by atoms with van der Waals surface area (Å²) in [6.45, 7) is 3.97. The van der Waals surface area contributed by atoms with Crippen molar-refractivity contribution in [1.82, 2.24) is 9.41 Å². The second-order valence-corrected chi connectivity index (χ2v) is 5.54. The van der Waals surface area contributed by atoms with Crippen LogP contribution in [0.25, 0.3) is 5.52 Å². The molecule has 4 nitrogen and oxygen atoms in total. The van der Waals surface area contributed by atoms with E-state index in [1.807, 2.05) is 0 Å². The van der Waals surface area contributed by atoms with E-state index in [4.69, 9.17) is 9.84 Å². The van der Waals surface area contributed by atoms with Crippen LogP contribution in [0.1, 0.15) is 31.7 Å². The number of ether oxygens (including phenoxy) is 1. The maximum atomic E-state index is 5.32. The van der Waals surface area contributed by atoms with Crippen LogP contribution in [0.5, 0.6) is 0 Å². The summed E-state index contributed by atoms with van der Waals surface area (Å²) in [6.07, 6.45) is 7.49. The minimum Gasteiger partial charge on any atom is -0.382 e. The summed E-state index contributed by atoms with van der Waals surface area (Å²) in [7, 11) is 1.77. The summed E-state index contributed by atoms with van der Waals surface area (Å²) in [4.78, 5) is 0. The molecule has 2 aromatic rings. The van der Waals surface area contributed by atoms with Crippen LogP contribution < -0.4 is 0 Å². The number of nitrogens with zero attached hydrogens (tertiary/aromatic N) is 3. The number of pyridine rings is 1. The summed E-state index contributed by atoms with van der Waals surface area (Å²) in [6, 6.07) is 8.87. The third kappa shape index (κ3) is 2.81. The Labute approximate surface area is 126 Å². The van der Waals surface area contributed by atoms with Gasteiger partial charge < -0.3 is 9.14 Å². The van der Waals surface area contributed by atoms with Gasteiger partial charge in [-0.2, -0.15) is 5.10 Å². The van der Waals surface area contributed by atoms with Crippen LogP contribution in [0.15, 0.2) is 41.8 Å². The fraction of sp³-hybridized carbons (Fsp3) is 0.471. The highest BCUT2D eigenvalue weighted by molar-refractivity contribution is 6.06. The van der Waals surface area contributed by atoms with Gasteiger partial charge in [0, 0.05) is 31.6 Å². The van der Waals surface area contributed by atoms with Gasteiger partial charge in [0.2, 0.25) is 0 Å². The van der Waals surface area contributed by atoms with E-state index in [2.05, 4.69) is 53.0 Å². The molecule has 0 bridgehead atoms. The highest BCUT2D eigenvalue weighted by atomic mass is 16.5. The fourth-order valence-corrected chi connectivity index (χ4v) is 3.08. The molecule has 0 aliphatic carbocycles. The monoisotopic (exact) mass is 285 g/mol. The Morgan fingerprint density at radius 3 is 3.05 bits per heavy atom. The van der Waals surface area contributed by atoms with Crippen LogP contribution in [0.4, 0.5) is 0 Å². The Hall–Kier alpha value is -1.81. The largest absolute Gasteiger partial charge is 0.382 e. The maximum absolute atomic E-state index is 5.32. The van der Waals surface area contributed by atoms with Crippen molar-refractivity contribution in [3.05, 3.63) is 42.2 Å². The Morgan fingerprint density at radius 1 is 1.33 bits per heavy atom. The molecule has 21 heavy (non-hydrogen) atoms. The van der Waals surface area contributed by atoms with Gasteiger partial charge in [-0.15, -0.1) is 0 Å². The van der Waals surface area contributed by atoms with Crippen molar-refractivity contribution in [1.29, 1.82) is 0 Å². The van der Waals surface area contributed by atoms with Gasteiger partial charge in [-0.25, -0.2) is 0 Å². The van der Waals surface area contributed by atoms with E-state index in [0.717, 1.165) is 25.3 Å². The van der Waals surface area contributed by atoms with Gasteiger partial charge in [0.25, 0.3) is 0 Å². The van der Waals surface area contributed by atoms with E-state index in [-0.39, 0.29) is 0 Å². The molecule has 3 heterocycles. The third-order valence-electron chi connectivity index (χ3n) is 4.17. The number of fused-ring (bicyclic) bond motifs is 1. The molecule has 1 fully saturated rings. The van der Waals surface area contributed by atoms with Crippen molar-refractivity contribution in [2.24, 2.45) is 5.10 Å². The lowest BCUT2D eigenvalue weighted by Crippen LogP contribution is -2.29. The quantitative estimate of drug-likeness (QED) is 0.790. The van der Waals surface area contributed by atoms with E-state index in [1.165, 1.54) is 23.9 Å². The molecule has 4 heteroatoms. The molecule has 1 unspecified atom stereocenters. The molecule has 0 spiro atoms. The summed E-state index contributed by atoms with van der Waals surface area (Å²) in [5.41, 5.74) is 3.62. The average Bonchev–Trinajstić information content (AvgIpc) is 3.12. The van der Waals surface area contributed by atoms with Crippen molar-refractivity contribution in [3.63, 3.8) is 0 Å². The molecule has 0 N–H and O–H groups in total. The Kier molecular flexibility index (Phi) is 4.25. The van der Waals surface area contributed by atoms with Gasteiger partial charge >= 0.3 is 0 Å². The van der Waals surface area contributed by atoms with Gasteiger partial charge in [-0.3, -0.25) is 5.01 Å². The van der Waals surface area contributed by atoms with Gasteiger partial charge in [-0.1, -0.05) is 13.0 Å². The van der Waals surface area contributed by atoms with Crippen molar-refractivity contribution in [3.8, 4) is 0 Å². The molecule has 0 radical (unpaired) electrons. The second-order valence-electron chi connectivity index (χ2n) is 5.54. The maximum Gasteiger partial charge on any atom is 0.0704 e. The van der Waals surface area contributed by atoms with Gasteiger partial charge in [0.05, 0.1) is 23.9 Å². The van der Waals surface area contributed by atoms with Gasteiger partial charge in [0.15, 0.2) is 0 Å². The lowest BCUT2D eigenvalue weighted by atomic mass is 10.1. The number of aromatic nitrogens is 1. The van der Waals surface area contributed by atoms with Crippen LogP contribution >= 0.6 is 0 Å². The highest BCUT2D eigenvalue weighted by Crippen LogP contribution is 2.21. The van der Waals surface area contributed by atoms with E-state index in [1.54, 1.807) is 7.11 Å². The molecule has 0 amide bonds. The van der Waals surface area contributed by atoms with Crippen LogP contribution in [0.2, 0.25) is 0 Å². The summed E-state index contributed by atoms with van der Waals surface area (Å²) in [5.74, 6) is 0. The molecule has 0 saturated carbocycles. The predicted octanol–water partition coefficient (Wildman–Crippen LogP) is 3.16. The van der Waals surface area contributed by atoms with Gasteiger partial charge in [-0.05, 0) is 37.5 Å². The molecule has 1 aliphatic heterocycles. The lowest BCUT2D eigenvalue weighted by Gasteiger charge is -2.22.